The lowest BCUT2D eigenvalue weighted by molar-refractivity contribution is -0.140. The molecule has 0 radical (unpaired) electrons. The molecule has 38 heavy (non-hydrogen) atoms. The lowest BCUT2D eigenvalue weighted by atomic mass is 10.1. The third-order valence-electron chi connectivity index (χ3n) is 6.04. The van der Waals surface area contributed by atoms with Gasteiger partial charge in [0, 0.05) is 18.1 Å². The molecule has 2 amide bonds. The van der Waals surface area contributed by atoms with Crippen LogP contribution in [0.15, 0.2) is 77.7 Å². The number of carbonyl (C=O) groups is 2. The van der Waals surface area contributed by atoms with Crippen molar-refractivity contribution in [3.8, 4) is 0 Å². The highest BCUT2D eigenvalue weighted by Gasteiger charge is 2.34. The molecular formula is C28H31ClFN3O4S. The highest BCUT2D eigenvalue weighted by atomic mass is 35.5. The Bertz CT molecular complexity index is 1380. The van der Waals surface area contributed by atoms with Crippen LogP contribution in [0.25, 0.3) is 0 Å². The fourth-order valence-corrected chi connectivity index (χ4v) is 5.64. The summed E-state index contributed by atoms with van der Waals surface area (Å²) in [7, 11) is -4.35. The first-order chi connectivity index (χ1) is 18.1. The third-order valence-corrected chi connectivity index (χ3v) is 8.19. The lowest BCUT2D eigenvalue weighted by Gasteiger charge is -2.33. The molecule has 0 saturated carbocycles. The fourth-order valence-electron chi connectivity index (χ4n) is 4.03. The number of hydrogen-bond donors (Lipinski definition) is 1. The number of sulfonamides is 1. The summed E-state index contributed by atoms with van der Waals surface area (Å²) >= 11 is 6.35. The van der Waals surface area contributed by atoms with E-state index in [4.69, 9.17) is 11.6 Å². The molecule has 3 aromatic carbocycles. The summed E-state index contributed by atoms with van der Waals surface area (Å²) in [5.74, 6) is -1.86. The third kappa shape index (κ3) is 6.71. The molecule has 3 aromatic rings. The van der Waals surface area contributed by atoms with Crippen LogP contribution in [0.5, 0.6) is 0 Å². The Morgan fingerprint density at radius 3 is 2.21 bits per heavy atom. The number of nitrogens with zero attached hydrogens (tertiary/aromatic N) is 2. The normalized spacial score (nSPS) is 12.0. The van der Waals surface area contributed by atoms with Crippen molar-refractivity contribution in [2.45, 2.75) is 44.7 Å². The predicted octanol–water partition coefficient (Wildman–Crippen LogP) is 4.93. The molecule has 202 valence electrons. The predicted molar refractivity (Wildman–Crippen MR) is 147 cm³/mol. The van der Waals surface area contributed by atoms with E-state index in [1.165, 1.54) is 35.2 Å². The van der Waals surface area contributed by atoms with Gasteiger partial charge in [-0.15, -0.1) is 0 Å². The molecule has 0 fully saturated rings. The van der Waals surface area contributed by atoms with Gasteiger partial charge >= 0.3 is 0 Å². The van der Waals surface area contributed by atoms with Crippen molar-refractivity contribution in [2.75, 3.05) is 17.4 Å². The molecule has 0 aromatic heterocycles. The summed E-state index contributed by atoms with van der Waals surface area (Å²) in [6, 6.07) is 17.4. The molecule has 1 unspecified atom stereocenters. The monoisotopic (exact) mass is 559 g/mol. The highest BCUT2D eigenvalue weighted by molar-refractivity contribution is 7.92. The Morgan fingerprint density at radius 2 is 1.61 bits per heavy atom. The minimum Gasteiger partial charge on any atom is -0.355 e. The van der Waals surface area contributed by atoms with Crippen LogP contribution >= 0.6 is 11.6 Å². The van der Waals surface area contributed by atoms with Crippen molar-refractivity contribution in [3.63, 3.8) is 0 Å². The molecule has 0 aliphatic rings. The van der Waals surface area contributed by atoms with Crippen LogP contribution in [0.3, 0.4) is 0 Å². The molecule has 0 spiro atoms. The van der Waals surface area contributed by atoms with Crippen molar-refractivity contribution in [1.29, 1.82) is 0 Å². The zero-order chi connectivity index (χ0) is 27.9. The van der Waals surface area contributed by atoms with E-state index in [-0.39, 0.29) is 29.5 Å². The maximum atomic E-state index is 14.9. The van der Waals surface area contributed by atoms with E-state index < -0.39 is 34.3 Å². The van der Waals surface area contributed by atoms with Crippen LogP contribution < -0.4 is 9.62 Å². The minimum atomic E-state index is -4.35. The van der Waals surface area contributed by atoms with E-state index in [1.807, 2.05) is 6.92 Å². The number of likely N-dealkylation sites (N-methyl/N-ethyl adjacent to an activating group) is 1. The van der Waals surface area contributed by atoms with Crippen molar-refractivity contribution in [3.05, 3.63) is 94.8 Å². The number of para-hydroxylation sites is 1. The number of amides is 2. The lowest BCUT2D eigenvalue weighted by Crippen LogP contribution is -2.52. The minimum absolute atomic E-state index is 0.0379. The van der Waals surface area contributed by atoms with Gasteiger partial charge in [-0.3, -0.25) is 13.9 Å². The van der Waals surface area contributed by atoms with Gasteiger partial charge in [0.25, 0.3) is 10.0 Å². The number of rotatable bonds is 11. The van der Waals surface area contributed by atoms with E-state index in [0.29, 0.717) is 17.1 Å². The van der Waals surface area contributed by atoms with E-state index in [2.05, 4.69) is 5.32 Å². The number of halogens is 2. The van der Waals surface area contributed by atoms with Gasteiger partial charge in [-0.1, -0.05) is 66.6 Å². The first-order valence-corrected chi connectivity index (χ1v) is 14.1. The smallest absolute Gasteiger partial charge is 0.264 e. The molecule has 3 rings (SSSR count). The number of anilines is 1. The molecule has 0 saturated heterocycles. The van der Waals surface area contributed by atoms with Gasteiger partial charge < -0.3 is 10.2 Å². The maximum Gasteiger partial charge on any atom is 0.264 e. The van der Waals surface area contributed by atoms with Crippen molar-refractivity contribution in [2.24, 2.45) is 0 Å². The number of carbonyl (C=O) groups excluding carboxylic acids is 2. The molecule has 7 nitrogen and oxygen atoms in total. The van der Waals surface area contributed by atoms with Gasteiger partial charge in [0.15, 0.2) is 0 Å². The standard InChI is InChI=1S/C28H31ClFN3O4S/c1-4-25(28(35)31-5-2)32(18-21-10-6-7-11-23(21)29)27(34)19-33(26-13-9-8-12-24(26)30)38(36,37)22-16-14-20(3)15-17-22/h6-17,25H,4-5,18-19H2,1-3H3,(H,31,35). The summed E-state index contributed by atoms with van der Waals surface area (Å²) in [5.41, 5.74) is 1.16. The van der Waals surface area contributed by atoms with Gasteiger partial charge in [-0.2, -0.15) is 0 Å². The number of benzene rings is 3. The number of hydrogen-bond acceptors (Lipinski definition) is 4. The molecule has 0 aliphatic carbocycles. The molecule has 1 N–H and O–H groups in total. The molecule has 1 atom stereocenters. The molecule has 0 aliphatic heterocycles. The molecule has 0 bridgehead atoms. The SMILES string of the molecule is CCNC(=O)C(CC)N(Cc1ccccc1Cl)C(=O)CN(c1ccccc1F)S(=O)(=O)c1ccc(C)cc1. The average molecular weight is 560 g/mol. The van der Waals surface area contributed by atoms with Crippen molar-refractivity contribution in [1.82, 2.24) is 10.2 Å². The van der Waals surface area contributed by atoms with Crippen LogP contribution in [-0.2, 0) is 26.2 Å². The Hall–Kier alpha value is -3.43. The molecular weight excluding hydrogens is 529 g/mol. The van der Waals surface area contributed by atoms with E-state index >= 15 is 0 Å². The van der Waals surface area contributed by atoms with E-state index in [9.17, 15) is 22.4 Å². The van der Waals surface area contributed by atoms with E-state index in [1.54, 1.807) is 50.2 Å². The summed E-state index contributed by atoms with van der Waals surface area (Å²) in [6.07, 6.45) is 0.270. The zero-order valence-corrected chi connectivity index (χ0v) is 23.1. The first kappa shape index (κ1) is 29.1. The van der Waals surface area contributed by atoms with Crippen LogP contribution in [0, 0.1) is 12.7 Å². The molecule has 10 heteroatoms. The summed E-state index contributed by atoms with van der Waals surface area (Å²) in [6.45, 7) is 4.92. The highest BCUT2D eigenvalue weighted by Crippen LogP contribution is 2.28. The van der Waals surface area contributed by atoms with Gasteiger partial charge in [0.2, 0.25) is 11.8 Å². The molecule has 0 heterocycles. The fraction of sp³-hybridized carbons (Fsp3) is 0.286. The Morgan fingerprint density at radius 1 is 0.974 bits per heavy atom. The van der Waals surface area contributed by atoms with Crippen LogP contribution in [-0.4, -0.2) is 44.3 Å². The number of nitrogens with one attached hydrogen (secondary N) is 1. The van der Waals surface area contributed by atoms with Crippen molar-refractivity contribution >= 4 is 39.1 Å². The van der Waals surface area contributed by atoms with Gasteiger partial charge in [0.05, 0.1) is 10.6 Å². The first-order valence-electron chi connectivity index (χ1n) is 12.2. The van der Waals surface area contributed by atoms with Crippen LogP contribution in [0.1, 0.15) is 31.4 Å². The maximum absolute atomic E-state index is 14.9. The van der Waals surface area contributed by atoms with E-state index in [0.717, 1.165) is 15.9 Å². The van der Waals surface area contributed by atoms with Gasteiger partial charge in [-0.25, -0.2) is 12.8 Å². The summed E-state index contributed by atoms with van der Waals surface area (Å²) in [4.78, 5) is 28.0. The Balaban J connectivity index is 2.08. The second kappa shape index (κ2) is 12.9. The second-order valence-electron chi connectivity index (χ2n) is 8.71. The Labute approximate surface area is 228 Å². The largest absolute Gasteiger partial charge is 0.355 e. The topological polar surface area (TPSA) is 86.8 Å². The Kier molecular flexibility index (Phi) is 9.88. The van der Waals surface area contributed by atoms with Crippen LogP contribution in [0.2, 0.25) is 5.02 Å². The summed E-state index contributed by atoms with van der Waals surface area (Å²) in [5, 5.41) is 3.13. The average Bonchev–Trinajstić information content (AvgIpc) is 2.89. The zero-order valence-electron chi connectivity index (χ0n) is 21.5. The van der Waals surface area contributed by atoms with Crippen molar-refractivity contribution < 1.29 is 22.4 Å². The summed E-state index contributed by atoms with van der Waals surface area (Å²) < 4.78 is 43.2. The van der Waals surface area contributed by atoms with Crippen LogP contribution in [0.4, 0.5) is 10.1 Å². The van der Waals surface area contributed by atoms with Gasteiger partial charge in [-0.05, 0) is 56.2 Å². The van der Waals surface area contributed by atoms with Gasteiger partial charge in [0.1, 0.15) is 18.4 Å². The second-order valence-corrected chi connectivity index (χ2v) is 11.0. The quantitative estimate of drug-likeness (QED) is 0.361. The number of aryl methyl sites for hydroxylation is 1.